The van der Waals surface area contributed by atoms with Crippen molar-refractivity contribution in [2.24, 2.45) is 5.41 Å². The maximum atomic E-state index is 14.9. The minimum absolute atomic E-state index is 0.0380. The summed E-state index contributed by atoms with van der Waals surface area (Å²) >= 11 is 2.25. The summed E-state index contributed by atoms with van der Waals surface area (Å²) in [6, 6.07) is 13.1. The summed E-state index contributed by atoms with van der Waals surface area (Å²) < 4.78 is 26.5. The number of carbonyl (C=O) groups excluding carboxylic acids is 4. The Morgan fingerprint density at radius 2 is 1.67 bits per heavy atom. The lowest BCUT2D eigenvalue weighted by molar-refractivity contribution is -0.224. The van der Waals surface area contributed by atoms with E-state index < -0.39 is 71.1 Å². The molecule has 1 saturated carbocycles. The first kappa shape index (κ1) is 44.4. The third-order valence-electron chi connectivity index (χ3n) is 11.6. The van der Waals surface area contributed by atoms with E-state index in [0.717, 1.165) is 47.7 Å². The topological polar surface area (TPSA) is 162 Å². The van der Waals surface area contributed by atoms with Crippen LogP contribution in [0.1, 0.15) is 127 Å². The number of fused-ring (bicyclic) bond motifs is 4. The van der Waals surface area contributed by atoms with E-state index >= 15 is 0 Å². The fraction of sp³-hybridized carbons (Fsp3) is 0.636. The zero-order valence-electron chi connectivity index (χ0n) is 34.4. The van der Waals surface area contributed by atoms with Crippen LogP contribution in [0.15, 0.2) is 48.5 Å². The number of hydroxylamine groups is 2. The number of unbranched alkanes of at least 4 members (excludes halogenated alkanes) is 4. The summed E-state index contributed by atoms with van der Waals surface area (Å²) in [6.07, 6.45) is 5.14. The molecule has 3 heterocycles. The van der Waals surface area contributed by atoms with Gasteiger partial charge in [0, 0.05) is 41.4 Å². The van der Waals surface area contributed by atoms with Crippen LogP contribution in [-0.2, 0) is 51.3 Å². The highest BCUT2D eigenvalue weighted by molar-refractivity contribution is 14.1. The van der Waals surface area contributed by atoms with Crippen LogP contribution in [0.25, 0.3) is 0 Å². The average molecular weight is 918 g/mol. The van der Waals surface area contributed by atoms with E-state index in [1.807, 2.05) is 24.3 Å². The molecule has 0 spiro atoms. The summed E-state index contributed by atoms with van der Waals surface area (Å²) in [4.78, 5) is 61.3. The number of aliphatic hydroxyl groups is 1. The van der Waals surface area contributed by atoms with Crippen molar-refractivity contribution in [1.82, 2.24) is 15.7 Å². The monoisotopic (exact) mass is 917 g/mol. The second-order valence-electron chi connectivity index (χ2n) is 17.2. The molecule has 0 radical (unpaired) electrons. The van der Waals surface area contributed by atoms with Crippen LogP contribution in [0.5, 0.6) is 0 Å². The van der Waals surface area contributed by atoms with Crippen molar-refractivity contribution in [3.05, 3.63) is 68.8 Å². The Labute approximate surface area is 355 Å². The number of hydrogen-bond acceptors (Lipinski definition) is 11. The highest BCUT2D eigenvalue weighted by Gasteiger charge is 2.76. The van der Waals surface area contributed by atoms with Crippen molar-refractivity contribution in [2.75, 3.05) is 6.61 Å². The molecule has 7 unspecified atom stereocenters. The van der Waals surface area contributed by atoms with Crippen LogP contribution in [0, 0.1) is 8.99 Å². The van der Waals surface area contributed by atoms with Gasteiger partial charge in [-0.3, -0.25) is 24.0 Å². The lowest BCUT2D eigenvalue weighted by atomic mass is 9.62. The summed E-state index contributed by atoms with van der Waals surface area (Å²) in [5.41, 5.74) is -0.0692. The van der Waals surface area contributed by atoms with Crippen LogP contribution in [0.3, 0.4) is 0 Å². The first-order chi connectivity index (χ1) is 27.7. The van der Waals surface area contributed by atoms with Gasteiger partial charge in [-0.05, 0) is 98.0 Å². The third-order valence-corrected chi connectivity index (χ3v) is 12.3. The number of esters is 2. The minimum Gasteiger partial charge on any atom is -0.460 e. The van der Waals surface area contributed by atoms with Crippen LogP contribution >= 0.6 is 22.6 Å². The highest BCUT2D eigenvalue weighted by Crippen LogP contribution is 2.58. The summed E-state index contributed by atoms with van der Waals surface area (Å²) in [5, 5.41) is 17.5. The van der Waals surface area contributed by atoms with E-state index in [9.17, 15) is 24.3 Å². The lowest BCUT2D eigenvalue weighted by Crippen LogP contribution is -2.69. The molecule has 58 heavy (non-hydrogen) atoms. The highest BCUT2D eigenvalue weighted by atomic mass is 127. The SMILES string of the molecule is CCCCCC1(CCCCC)OC2C3CC4(C(=O)NCc5cccc(C(=O)NC(CO)CCC(=O)OC(C)(C)C)c5)C(ON(Cc5ccc(I)cc5)C4C(=O)O3)C2O1. The van der Waals surface area contributed by atoms with E-state index in [4.69, 9.17) is 23.8 Å². The molecular formula is C44H60IN3O10. The number of benzene rings is 2. The molecule has 2 aromatic carbocycles. The third kappa shape index (κ3) is 10.1. The smallest absolute Gasteiger partial charge is 0.327 e. The summed E-state index contributed by atoms with van der Waals surface area (Å²) in [5.74, 6) is -2.59. The predicted octanol–water partition coefficient (Wildman–Crippen LogP) is 6.26. The maximum Gasteiger partial charge on any atom is 0.327 e. The van der Waals surface area contributed by atoms with Gasteiger partial charge in [0.2, 0.25) is 5.91 Å². The largest absolute Gasteiger partial charge is 0.460 e. The quantitative estimate of drug-likeness (QED) is 0.0829. The predicted molar refractivity (Wildman–Crippen MR) is 223 cm³/mol. The lowest BCUT2D eigenvalue weighted by Gasteiger charge is -2.48. The standard InChI is InChI=1S/C44H60IN3O10/c1-6-8-10-21-43(22-11-9-7-2)56-35-33-24-44(37(40(52)54-33)48(58-38(44)36(35)57-43)26-28-15-17-31(45)18-16-28)41(53)46-25-29-13-12-14-30(23-29)39(51)47-32(27-49)19-20-34(50)55-42(3,4)5/h12-18,23,32-33,35-38,49H,6-11,19-22,24-27H2,1-5H3,(H,46,53)(H,47,51). The molecule has 4 aliphatic rings. The van der Waals surface area contributed by atoms with Crippen LogP contribution < -0.4 is 10.6 Å². The minimum atomic E-state index is -1.34. The van der Waals surface area contributed by atoms with Gasteiger partial charge in [-0.15, -0.1) is 0 Å². The second-order valence-corrected chi connectivity index (χ2v) is 18.4. The van der Waals surface area contributed by atoms with Crippen molar-refractivity contribution >= 4 is 46.3 Å². The van der Waals surface area contributed by atoms with E-state index in [-0.39, 0.29) is 44.9 Å². The van der Waals surface area contributed by atoms with Gasteiger partial charge in [0.25, 0.3) is 5.91 Å². The molecule has 14 heteroatoms. The van der Waals surface area contributed by atoms with Crippen LogP contribution in [0.4, 0.5) is 0 Å². The Balaban J connectivity index is 1.22. The Morgan fingerprint density at radius 3 is 2.33 bits per heavy atom. The van der Waals surface area contributed by atoms with Crippen molar-refractivity contribution in [3.63, 3.8) is 0 Å². The zero-order chi connectivity index (χ0) is 41.7. The number of hydrogen-bond donors (Lipinski definition) is 3. The van der Waals surface area contributed by atoms with Gasteiger partial charge in [-0.25, -0.2) is 0 Å². The Hall–Kier alpha value is -3.15. The molecular weight excluding hydrogens is 857 g/mol. The number of aliphatic hydroxyl groups excluding tert-OH is 1. The fourth-order valence-corrected chi connectivity index (χ4v) is 9.16. The first-order valence-corrected chi connectivity index (χ1v) is 22.0. The molecule has 2 aromatic rings. The molecule has 1 aliphatic carbocycles. The molecule has 318 valence electrons. The number of nitrogens with zero attached hydrogens (tertiary/aromatic N) is 1. The van der Waals surface area contributed by atoms with Crippen molar-refractivity contribution in [3.8, 4) is 0 Å². The number of amides is 2. The van der Waals surface area contributed by atoms with Gasteiger partial charge >= 0.3 is 11.9 Å². The molecule has 6 rings (SSSR count). The van der Waals surface area contributed by atoms with Crippen LogP contribution in [0.2, 0.25) is 0 Å². The molecule has 3 aliphatic heterocycles. The van der Waals surface area contributed by atoms with Crippen molar-refractivity contribution < 1.29 is 48.1 Å². The maximum absolute atomic E-state index is 14.9. The number of ether oxygens (including phenoxy) is 4. The molecule has 2 bridgehead atoms. The number of nitrogens with one attached hydrogen (secondary N) is 2. The van der Waals surface area contributed by atoms with Gasteiger partial charge in [0.15, 0.2) is 11.8 Å². The van der Waals surface area contributed by atoms with Gasteiger partial charge in [-0.1, -0.05) is 63.8 Å². The van der Waals surface area contributed by atoms with E-state index in [0.29, 0.717) is 24.0 Å². The van der Waals surface area contributed by atoms with E-state index in [1.54, 1.807) is 50.1 Å². The van der Waals surface area contributed by atoms with Gasteiger partial charge in [-0.2, -0.15) is 5.06 Å². The number of rotatable bonds is 19. The van der Waals surface area contributed by atoms with E-state index in [2.05, 4.69) is 47.1 Å². The van der Waals surface area contributed by atoms with E-state index in [1.165, 1.54) is 0 Å². The molecule has 3 saturated heterocycles. The van der Waals surface area contributed by atoms with Crippen molar-refractivity contribution in [2.45, 2.75) is 166 Å². The van der Waals surface area contributed by atoms with Gasteiger partial charge in [0.1, 0.15) is 35.4 Å². The fourth-order valence-electron chi connectivity index (χ4n) is 8.80. The number of carbonyl (C=O) groups is 4. The summed E-state index contributed by atoms with van der Waals surface area (Å²) in [7, 11) is 0. The zero-order valence-corrected chi connectivity index (χ0v) is 36.6. The van der Waals surface area contributed by atoms with Gasteiger partial charge < -0.3 is 34.7 Å². The Bertz CT molecular complexity index is 1760. The van der Waals surface area contributed by atoms with Crippen LogP contribution in [-0.4, -0.2) is 88.4 Å². The Morgan fingerprint density at radius 1 is 0.983 bits per heavy atom. The average Bonchev–Trinajstić information content (AvgIpc) is 3.74. The molecule has 0 aromatic heterocycles. The molecule has 3 N–H and O–H groups in total. The molecule has 7 atom stereocenters. The Kier molecular flexibility index (Phi) is 14.6. The van der Waals surface area contributed by atoms with Gasteiger partial charge in [0.05, 0.1) is 19.2 Å². The molecule has 4 fully saturated rings. The molecule has 2 amide bonds. The normalized spacial score (nSPS) is 26.4. The second kappa shape index (κ2) is 19.1. The summed E-state index contributed by atoms with van der Waals surface area (Å²) in [6.45, 7) is 9.64. The molecule has 13 nitrogen and oxygen atoms in total. The van der Waals surface area contributed by atoms with Crippen molar-refractivity contribution in [1.29, 1.82) is 0 Å². The number of halogens is 1. The first-order valence-electron chi connectivity index (χ1n) is 21.0.